The third-order valence-electron chi connectivity index (χ3n) is 4.43. The highest BCUT2D eigenvalue weighted by Gasteiger charge is 2.34. The van der Waals surface area contributed by atoms with Crippen molar-refractivity contribution in [3.63, 3.8) is 0 Å². The quantitative estimate of drug-likeness (QED) is 0.690. The smallest absolute Gasteiger partial charge is 0.334 e. The van der Waals surface area contributed by atoms with E-state index in [2.05, 4.69) is 10.1 Å². The van der Waals surface area contributed by atoms with E-state index in [1.165, 1.54) is 15.6 Å². The second-order valence-electron chi connectivity index (χ2n) is 6.27. The zero-order valence-corrected chi connectivity index (χ0v) is 13.9. The van der Waals surface area contributed by atoms with Gasteiger partial charge in [0.25, 0.3) is 11.5 Å². The van der Waals surface area contributed by atoms with Crippen LogP contribution in [0.2, 0.25) is 0 Å². The van der Waals surface area contributed by atoms with E-state index in [0.717, 1.165) is 0 Å². The van der Waals surface area contributed by atoms with Crippen molar-refractivity contribution in [2.75, 3.05) is 13.1 Å². The number of ether oxygens (including phenoxy) is 1. The average Bonchev–Trinajstić information content (AvgIpc) is 3.04. The van der Waals surface area contributed by atoms with Gasteiger partial charge in [0.15, 0.2) is 6.10 Å². The van der Waals surface area contributed by atoms with Crippen molar-refractivity contribution in [1.82, 2.24) is 19.5 Å². The highest BCUT2D eigenvalue weighted by molar-refractivity contribution is 6.01. The Balaban J connectivity index is 1.78. The number of nitrogens with one attached hydrogen (secondary N) is 1. The number of para-hydroxylation sites is 1. The Morgan fingerprint density at radius 1 is 1.31 bits per heavy atom. The Morgan fingerprint density at radius 2 is 2.08 bits per heavy atom. The molecule has 0 aliphatic carbocycles. The van der Waals surface area contributed by atoms with E-state index in [0.29, 0.717) is 10.9 Å². The Hall–Kier alpha value is -3.20. The molecule has 2 atom stereocenters. The van der Waals surface area contributed by atoms with Gasteiger partial charge in [0, 0.05) is 6.54 Å². The standard InChI is InChI=1S/C17H16N4O5/c1-9-7-20(8-13(26-9)17(24)25)16(23)11-6-18-21-12-5-3-2-4-10(12)15(22)19-14(11)21/h2-6,9,13H,7-8H2,1H3,(H,19,22)(H,24,25)/t9-,13?/m1/s1. The van der Waals surface area contributed by atoms with Crippen molar-refractivity contribution < 1.29 is 19.4 Å². The highest BCUT2D eigenvalue weighted by Crippen LogP contribution is 2.19. The summed E-state index contributed by atoms with van der Waals surface area (Å²) in [6.07, 6.45) is -0.101. The van der Waals surface area contributed by atoms with E-state index in [4.69, 9.17) is 4.74 Å². The highest BCUT2D eigenvalue weighted by atomic mass is 16.5. The van der Waals surface area contributed by atoms with Gasteiger partial charge in [-0.25, -0.2) is 9.31 Å². The number of aromatic amines is 1. The molecular weight excluding hydrogens is 340 g/mol. The first-order valence-electron chi connectivity index (χ1n) is 8.12. The fourth-order valence-corrected chi connectivity index (χ4v) is 3.26. The van der Waals surface area contributed by atoms with Gasteiger partial charge in [-0.05, 0) is 19.1 Å². The van der Waals surface area contributed by atoms with Gasteiger partial charge in [-0.15, -0.1) is 0 Å². The van der Waals surface area contributed by atoms with E-state index >= 15 is 0 Å². The molecule has 3 aromatic rings. The molecule has 26 heavy (non-hydrogen) atoms. The second-order valence-corrected chi connectivity index (χ2v) is 6.27. The first-order chi connectivity index (χ1) is 12.5. The van der Waals surface area contributed by atoms with Gasteiger partial charge in [-0.2, -0.15) is 5.10 Å². The number of aromatic nitrogens is 3. The number of carboxylic acid groups (broad SMARTS) is 1. The average molecular weight is 356 g/mol. The molecule has 1 aliphatic rings. The molecule has 0 saturated carbocycles. The molecule has 4 rings (SSSR count). The summed E-state index contributed by atoms with van der Waals surface area (Å²) in [4.78, 5) is 40.6. The van der Waals surface area contributed by atoms with Crippen LogP contribution in [0.4, 0.5) is 0 Å². The number of rotatable bonds is 2. The van der Waals surface area contributed by atoms with Crippen molar-refractivity contribution in [3.8, 4) is 0 Å². The summed E-state index contributed by atoms with van der Waals surface area (Å²) in [5, 5.41) is 13.9. The lowest BCUT2D eigenvalue weighted by Gasteiger charge is -2.34. The molecule has 1 fully saturated rings. The van der Waals surface area contributed by atoms with Crippen molar-refractivity contribution in [1.29, 1.82) is 0 Å². The van der Waals surface area contributed by atoms with Gasteiger partial charge in [0.05, 0.1) is 29.7 Å². The molecule has 2 aromatic heterocycles. The number of benzene rings is 1. The van der Waals surface area contributed by atoms with Crippen LogP contribution in [0.3, 0.4) is 0 Å². The van der Waals surface area contributed by atoms with Crippen LogP contribution in [-0.4, -0.2) is 61.8 Å². The summed E-state index contributed by atoms with van der Waals surface area (Å²) < 4.78 is 6.84. The lowest BCUT2D eigenvalue weighted by Crippen LogP contribution is -2.51. The van der Waals surface area contributed by atoms with Gasteiger partial charge >= 0.3 is 5.97 Å². The van der Waals surface area contributed by atoms with Gasteiger partial charge in [-0.1, -0.05) is 12.1 Å². The van der Waals surface area contributed by atoms with E-state index < -0.39 is 24.1 Å². The molecule has 2 N–H and O–H groups in total. The minimum absolute atomic E-state index is 0.0618. The minimum Gasteiger partial charge on any atom is -0.479 e. The predicted molar refractivity (Wildman–Crippen MR) is 91.2 cm³/mol. The van der Waals surface area contributed by atoms with Crippen LogP contribution in [0.15, 0.2) is 35.3 Å². The summed E-state index contributed by atoms with van der Waals surface area (Å²) >= 11 is 0. The monoisotopic (exact) mass is 356 g/mol. The number of carboxylic acids is 1. The number of morpholine rings is 1. The number of H-pyrrole nitrogens is 1. The van der Waals surface area contributed by atoms with Crippen molar-refractivity contribution >= 4 is 28.4 Å². The van der Waals surface area contributed by atoms with Crippen LogP contribution in [0.1, 0.15) is 17.3 Å². The Bertz CT molecular complexity index is 1090. The van der Waals surface area contributed by atoms with Crippen molar-refractivity contribution in [3.05, 3.63) is 46.4 Å². The van der Waals surface area contributed by atoms with Gasteiger partial charge < -0.3 is 19.7 Å². The lowest BCUT2D eigenvalue weighted by molar-refractivity contribution is -0.160. The Morgan fingerprint density at radius 3 is 2.85 bits per heavy atom. The fraction of sp³-hybridized carbons (Fsp3) is 0.294. The van der Waals surface area contributed by atoms with Crippen molar-refractivity contribution in [2.24, 2.45) is 0 Å². The fourth-order valence-electron chi connectivity index (χ4n) is 3.26. The predicted octanol–water partition coefficient (Wildman–Crippen LogP) is 0.490. The lowest BCUT2D eigenvalue weighted by atomic mass is 10.2. The van der Waals surface area contributed by atoms with E-state index in [1.54, 1.807) is 31.2 Å². The third-order valence-corrected chi connectivity index (χ3v) is 4.43. The molecule has 0 bridgehead atoms. The summed E-state index contributed by atoms with van der Waals surface area (Å²) in [5.41, 5.74) is 0.765. The Kier molecular flexibility index (Phi) is 3.73. The van der Waals surface area contributed by atoms with Crippen LogP contribution in [0, 0.1) is 0 Å². The summed E-state index contributed by atoms with van der Waals surface area (Å²) in [6.45, 7) is 1.91. The van der Waals surface area contributed by atoms with Gasteiger partial charge in [0.1, 0.15) is 11.2 Å². The number of hydrogen-bond acceptors (Lipinski definition) is 5. The molecule has 0 radical (unpaired) electrons. The maximum atomic E-state index is 12.9. The summed E-state index contributed by atoms with van der Waals surface area (Å²) in [5.74, 6) is -1.51. The molecule has 1 aliphatic heterocycles. The largest absolute Gasteiger partial charge is 0.479 e. The van der Waals surface area contributed by atoms with Crippen LogP contribution in [0.25, 0.3) is 16.6 Å². The summed E-state index contributed by atoms with van der Waals surface area (Å²) in [6, 6.07) is 6.96. The molecule has 1 amide bonds. The van der Waals surface area contributed by atoms with Crippen LogP contribution in [-0.2, 0) is 9.53 Å². The number of hydrogen-bond donors (Lipinski definition) is 2. The van der Waals surface area contributed by atoms with Crippen LogP contribution < -0.4 is 5.56 Å². The number of carbonyl (C=O) groups is 2. The molecule has 1 aromatic carbocycles. The molecule has 1 unspecified atom stereocenters. The molecule has 3 heterocycles. The summed E-state index contributed by atoms with van der Waals surface area (Å²) in [7, 11) is 0. The molecular formula is C17H16N4O5. The topological polar surface area (TPSA) is 117 Å². The molecule has 9 heteroatoms. The number of aliphatic carboxylic acids is 1. The SMILES string of the molecule is C[C@@H]1CN(C(=O)c2cnn3c2[nH]c(=O)c2ccccc23)CC(C(=O)O)O1. The van der Waals surface area contributed by atoms with E-state index in [1.807, 2.05) is 0 Å². The zero-order chi connectivity index (χ0) is 18.4. The van der Waals surface area contributed by atoms with Crippen LogP contribution >= 0.6 is 0 Å². The first-order valence-corrected chi connectivity index (χ1v) is 8.12. The third kappa shape index (κ3) is 2.53. The van der Waals surface area contributed by atoms with Crippen molar-refractivity contribution in [2.45, 2.75) is 19.1 Å². The van der Waals surface area contributed by atoms with Crippen LogP contribution in [0.5, 0.6) is 0 Å². The normalized spacial score (nSPS) is 20.6. The maximum Gasteiger partial charge on any atom is 0.334 e. The second kappa shape index (κ2) is 5.95. The number of amides is 1. The first kappa shape index (κ1) is 16.3. The molecule has 1 saturated heterocycles. The number of fused-ring (bicyclic) bond motifs is 3. The van der Waals surface area contributed by atoms with Gasteiger partial charge in [0.2, 0.25) is 0 Å². The maximum absolute atomic E-state index is 12.9. The van der Waals surface area contributed by atoms with E-state index in [9.17, 15) is 19.5 Å². The minimum atomic E-state index is -1.12. The van der Waals surface area contributed by atoms with Gasteiger partial charge in [-0.3, -0.25) is 9.59 Å². The molecule has 0 spiro atoms. The number of nitrogens with zero attached hydrogens (tertiary/aromatic N) is 3. The molecule has 9 nitrogen and oxygen atoms in total. The Labute approximate surface area is 146 Å². The molecule has 134 valence electrons. The number of carbonyl (C=O) groups excluding carboxylic acids is 1. The van der Waals surface area contributed by atoms with E-state index in [-0.39, 0.29) is 29.9 Å². The zero-order valence-electron chi connectivity index (χ0n) is 13.9.